The van der Waals surface area contributed by atoms with Crippen molar-refractivity contribution in [1.82, 2.24) is 9.55 Å². The van der Waals surface area contributed by atoms with E-state index in [2.05, 4.69) is 4.98 Å². The van der Waals surface area contributed by atoms with E-state index < -0.39 is 5.97 Å². The van der Waals surface area contributed by atoms with Crippen molar-refractivity contribution in [1.29, 1.82) is 0 Å². The minimum Gasteiger partial charge on any atom is -0.477 e. The van der Waals surface area contributed by atoms with E-state index in [0.717, 1.165) is 16.7 Å². The number of imidazole rings is 1. The second-order valence-electron chi connectivity index (χ2n) is 6.20. The van der Waals surface area contributed by atoms with Gasteiger partial charge in [0.15, 0.2) is 5.69 Å². The molecule has 0 fully saturated rings. The maximum Gasteiger partial charge on any atom is 0.354 e. The Labute approximate surface area is 145 Å². The molecule has 3 rings (SSSR count). The van der Waals surface area contributed by atoms with Crippen molar-refractivity contribution < 1.29 is 14.3 Å². The van der Waals surface area contributed by atoms with Gasteiger partial charge in [0.1, 0.15) is 11.6 Å². The number of nitrogens with zero attached hydrogens (tertiary/aromatic N) is 2. The molecule has 1 N–H and O–H groups in total. The normalized spacial score (nSPS) is 10.9. The molecule has 0 bridgehead atoms. The molecule has 0 aliphatic carbocycles. The van der Waals surface area contributed by atoms with Gasteiger partial charge in [0, 0.05) is 5.56 Å². The molecule has 1 heterocycles. The molecule has 0 aliphatic rings. The zero-order valence-electron chi connectivity index (χ0n) is 14.4. The molecule has 25 heavy (non-hydrogen) atoms. The number of aromatic carboxylic acids is 1. The average Bonchev–Trinajstić information content (AvgIpc) is 2.87. The van der Waals surface area contributed by atoms with Gasteiger partial charge in [-0.3, -0.25) is 0 Å². The highest BCUT2D eigenvalue weighted by atomic mass is 19.1. The lowest BCUT2D eigenvalue weighted by Crippen LogP contribution is -2.12. The zero-order valence-corrected chi connectivity index (χ0v) is 14.4. The first-order valence-corrected chi connectivity index (χ1v) is 7.99. The van der Waals surface area contributed by atoms with Crippen molar-refractivity contribution >= 4 is 5.97 Å². The highest BCUT2D eigenvalue weighted by Gasteiger charge is 2.22. The lowest BCUT2D eigenvalue weighted by Gasteiger charge is -2.13. The van der Waals surface area contributed by atoms with Gasteiger partial charge in [-0.25, -0.2) is 14.2 Å². The number of carbonyl (C=O) groups is 1. The summed E-state index contributed by atoms with van der Waals surface area (Å²) < 4.78 is 15.3. The van der Waals surface area contributed by atoms with E-state index in [0.29, 0.717) is 23.6 Å². The first-order chi connectivity index (χ1) is 11.9. The molecule has 3 aromatic rings. The molecule has 0 spiro atoms. The van der Waals surface area contributed by atoms with Crippen LogP contribution in [-0.2, 0) is 6.54 Å². The Morgan fingerprint density at radius 3 is 2.60 bits per heavy atom. The van der Waals surface area contributed by atoms with Crippen molar-refractivity contribution in [3.8, 4) is 11.4 Å². The molecule has 128 valence electrons. The minimum absolute atomic E-state index is 0.125. The zero-order chi connectivity index (χ0) is 18.1. The first-order valence-electron chi connectivity index (χ1n) is 7.99. The van der Waals surface area contributed by atoms with Crippen LogP contribution in [0.25, 0.3) is 11.4 Å². The van der Waals surface area contributed by atoms with Crippen LogP contribution in [0, 0.1) is 26.6 Å². The van der Waals surface area contributed by atoms with Crippen LogP contribution in [0.15, 0.2) is 42.5 Å². The topological polar surface area (TPSA) is 55.1 Å². The van der Waals surface area contributed by atoms with Gasteiger partial charge in [-0.15, -0.1) is 0 Å². The molecular weight excluding hydrogens is 319 g/mol. The number of carboxylic acids is 1. The number of aromatic nitrogens is 2. The highest BCUT2D eigenvalue weighted by Crippen LogP contribution is 2.25. The van der Waals surface area contributed by atoms with Crippen LogP contribution >= 0.6 is 0 Å². The van der Waals surface area contributed by atoms with Gasteiger partial charge in [-0.1, -0.05) is 35.9 Å². The quantitative estimate of drug-likeness (QED) is 0.769. The molecule has 5 heteroatoms. The van der Waals surface area contributed by atoms with Gasteiger partial charge in [-0.2, -0.15) is 0 Å². The smallest absolute Gasteiger partial charge is 0.354 e. The van der Waals surface area contributed by atoms with Crippen LogP contribution in [0.3, 0.4) is 0 Å². The van der Waals surface area contributed by atoms with Gasteiger partial charge < -0.3 is 9.67 Å². The van der Waals surface area contributed by atoms with Crippen LogP contribution in [0.2, 0.25) is 0 Å². The summed E-state index contributed by atoms with van der Waals surface area (Å²) in [5, 5.41) is 9.63. The minimum atomic E-state index is -1.04. The van der Waals surface area contributed by atoms with E-state index in [-0.39, 0.29) is 11.5 Å². The summed E-state index contributed by atoms with van der Waals surface area (Å²) in [6.45, 7) is 6.00. The number of benzene rings is 2. The first kappa shape index (κ1) is 16.9. The third kappa shape index (κ3) is 3.31. The van der Waals surface area contributed by atoms with Crippen LogP contribution < -0.4 is 0 Å². The number of carboxylic acid groups (broad SMARTS) is 1. The molecule has 0 atom stereocenters. The monoisotopic (exact) mass is 338 g/mol. The van der Waals surface area contributed by atoms with E-state index >= 15 is 0 Å². The number of hydrogen-bond acceptors (Lipinski definition) is 2. The molecule has 0 radical (unpaired) electrons. The van der Waals surface area contributed by atoms with Crippen LogP contribution in [-0.4, -0.2) is 20.6 Å². The molecular formula is C20H19FN2O2. The standard InChI is InChI=1S/C20H19FN2O2/c1-12-7-8-13(2)16(9-12)11-23-18(20(24)25)14(3)22-19(23)15-5-4-6-17(21)10-15/h4-10H,11H2,1-3H3,(H,24,25). The summed E-state index contributed by atoms with van der Waals surface area (Å²) in [6, 6.07) is 12.1. The van der Waals surface area contributed by atoms with Gasteiger partial charge in [-0.05, 0) is 44.0 Å². The summed E-state index contributed by atoms with van der Waals surface area (Å²) in [4.78, 5) is 16.2. The largest absolute Gasteiger partial charge is 0.477 e. The summed E-state index contributed by atoms with van der Waals surface area (Å²) in [5.74, 6) is -0.971. The maximum absolute atomic E-state index is 13.6. The molecule has 2 aromatic carbocycles. The summed E-state index contributed by atoms with van der Waals surface area (Å²) >= 11 is 0. The van der Waals surface area contributed by atoms with Crippen LogP contribution in [0.5, 0.6) is 0 Å². The fraction of sp³-hybridized carbons (Fsp3) is 0.200. The SMILES string of the molecule is Cc1ccc(C)c(Cn2c(-c3cccc(F)c3)nc(C)c2C(=O)O)c1. The number of rotatable bonds is 4. The number of hydrogen-bond donors (Lipinski definition) is 1. The Balaban J connectivity index is 2.19. The fourth-order valence-corrected chi connectivity index (χ4v) is 2.99. The predicted molar refractivity (Wildman–Crippen MR) is 94.3 cm³/mol. The third-order valence-electron chi connectivity index (χ3n) is 4.26. The molecule has 4 nitrogen and oxygen atoms in total. The van der Waals surface area contributed by atoms with Crippen molar-refractivity contribution in [2.75, 3.05) is 0 Å². The van der Waals surface area contributed by atoms with Crippen LogP contribution in [0.4, 0.5) is 4.39 Å². The Morgan fingerprint density at radius 1 is 1.16 bits per heavy atom. The Kier molecular flexibility index (Phi) is 4.40. The average molecular weight is 338 g/mol. The van der Waals surface area contributed by atoms with Crippen molar-refractivity contribution in [3.05, 3.63) is 76.4 Å². The van der Waals surface area contributed by atoms with Gasteiger partial charge >= 0.3 is 5.97 Å². The van der Waals surface area contributed by atoms with Crippen molar-refractivity contribution in [2.45, 2.75) is 27.3 Å². The second kappa shape index (κ2) is 6.51. The molecule has 0 saturated carbocycles. The summed E-state index contributed by atoms with van der Waals surface area (Å²) in [7, 11) is 0. The third-order valence-corrected chi connectivity index (χ3v) is 4.26. The number of aryl methyl sites for hydroxylation is 3. The molecule has 0 aliphatic heterocycles. The van der Waals surface area contributed by atoms with E-state index in [1.165, 1.54) is 12.1 Å². The van der Waals surface area contributed by atoms with E-state index in [1.54, 1.807) is 23.6 Å². The number of halogens is 1. The molecule has 1 aromatic heterocycles. The second-order valence-corrected chi connectivity index (χ2v) is 6.20. The Morgan fingerprint density at radius 2 is 1.92 bits per heavy atom. The maximum atomic E-state index is 13.6. The van der Waals surface area contributed by atoms with E-state index in [1.807, 2.05) is 32.0 Å². The molecule has 0 amide bonds. The highest BCUT2D eigenvalue weighted by molar-refractivity contribution is 5.88. The Hall–Kier alpha value is -2.95. The van der Waals surface area contributed by atoms with E-state index in [4.69, 9.17) is 0 Å². The van der Waals surface area contributed by atoms with Crippen molar-refractivity contribution in [3.63, 3.8) is 0 Å². The van der Waals surface area contributed by atoms with Crippen molar-refractivity contribution in [2.24, 2.45) is 0 Å². The Bertz CT molecular complexity index is 960. The molecule has 0 unspecified atom stereocenters. The van der Waals surface area contributed by atoms with Gasteiger partial charge in [0.05, 0.1) is 12.2 Å². The fourth-order valence-electron chi connectivity index (χ4n) is 2.99. The lowest BCUT2D eigenvalue weighted by molar-refractivity contribution is 0.0685. The summed E-state index contributed by atoms with van der Waals surface area (Å²) in [6.07, 6.45) is 0. The van der Waals surface area contributed by atoms with Crippen LogP contribution in [0.1, 0.15) is 32.9 Å². The van der Waals surface area contributed by atoms with Gasteiger partial charge in [0.2, 0.25) is 0 Å². The summed E-state index contributed by atoms with van der Waals surface area (Å²) in [5.41, 5.74) is 4.27. The lowest BCUT2D eigenvalue weighted by atomic mass is 10.1. The predicted octanol–water partition coefficient (Wildman–Crippen LogP) is 4.36. The molecule has 0 saturated heterocycles. The van der Waals surface area contributed by atoms with E-state index in [9.17, 15) is 14.3 Å². The van der Waals surface area contributed by atoms with Gasteiger partial charge in [0.25, 0.3) is 0 Å².